The molecule has 0 saturated heterocycles. The van der Waals surface area contributed by atoms with Crippen molar-refractivity contribution in [2.45, 2.75) is 44.8 Å². The highest BCUT2D eigenvalue weighted by Gasteiger charge is 2.47. The lowest BCUT2D eigenvalue weighted by Crippen LogP contribution is -2.45. The van der Waals surface area contributed by atoms with Crippen LogP contribution in [0.2, 0.25) is 0 Å². The van der Waals surface area contributed by atoms with Crippen molar-refractivity contribution in [3.8, 4) is 0 Å². The molecule has 6 heteroatoms. The van der Waals surface area contributed by atoms with E-state index in [1.807, 2.05) is 6.92 Å². The molecular weight excluding hydrogens is 245 g/mol. The van der Waals surface area contributed by atoms with E-state index in [9.17, 15) is 18.0 Å². The molecule has 0 spiro atoms. The molecule has 3 nitrogen and oxygen atoms in total. The van der Waals surface area contributed by atoms with Crippen LogP contribution in [-0.2, 0) is 4.79 Å². The summed E-state index contributed by atoms with van der Waals surface area (Å²) in [5.41, 5.74) is 0. The Labute approximate surface area is 106 Å². The van der Waals surface area contributed by atoms with E-state index >= 15 is 0 Å². The van der Waals surface area contributed by atoms with E-state index in [0.717, 1.165) is 0 Å². The second-order valence-corrected chi connectivity index (χ2v) is 4.97. The maximum Gasteiger partial charge on any atom is 0.392 e. The maximum atomic E-state index is 12.8. The minimum Gasteiger partial charge on any atom is -0.354 e. The zero-order valence-electron chi connectivity index (χ0n) is 10.8. The van der Waals surface area contributed by atoms with Gasteiger partial charge in [-0.1, -0.05) is 12.8 Å². The van der Waals surface area contributed by atoms with E-state index in [2.05, 4.69) is 10.6 Å². The van der Waals surface area contributed by atoms with Gasteiger partial charge < -0.3 is 10.6 Å². The van der Waals surface area contributed by atoms with Crippen LogP contribution in [0.3, 0.4) is 0 Å². The summed E-state index contributed by atoms with van der Waals surface area (Å²) in [6, 6.07) is 0.0573. The van der Waals surface area contributed by atoms with Gasteiger partial charge in [0.05, 0.1) is 5.92 Å². The number of hydrogen-bond donors (Lipinski definition) is 2. The number of halogens is 3. The molecule has 0 aromatic heterocycles. The SMILES string of the molecule is CNC(C)CNC(=O)C1CCCCC1C(F)(F)F. The summed E-state index contributed by atoms with van der Waals surface area (Å²) >= 11 is 0. The summed E-state index contributed by atoms with van der Waals surface area (Å²) in [6.45, 7) is 2.22. The first-order valence-electron chi connectivity index (χ1n) is 6.38. The van der Waals surface area contributed by atoms with Gasteiger partial charge in [-0.05, 0) is 26.8 Å². The van der Waals surface area contributed by atoms with Crippen molar-refractivity contribution in [3.05, 3.63) is 0 Å². The Morgan fingerprint density at radius 3 is 2.50 bits per heavy atom. The van der Waals surface area contributed by atoms with Crippen LogP contribution in [-0.4, -0.2) is 31.7 Å². The van der Waals surface area contributed by atoms with Gasteiger partial charge in [0.2, 0.25) is 5.91 Å². The highest BCUT2D eigenvalue weighted by atomic mass is 19.4. The Hall–Kier alpha value is -0.780. The Kier molecular flexibility index (Phi) is 5.44. The van der Waals surface area contributed by atoms with Gasteiger partial charge in [0.15, 0.2) is 0 Å². The van der Waals surface area contributed by atoms with Crippen molar-refractivity contribution in [2.24, 2.45) is 11.8 Å². The molecule has 0 heterocycles. The van der Waals surface area contributed by atoms with Crippen LogP contribution in [0.25, 0.3) is 0 Å². The lowest BCUT2D eigenvalue weighted by Gasteiger charge is -2.32. The van der Waals surface area contributed by atoms with Gasteiger partial charge in [0.1, 0.15) is 0 Å². The third kappa shape index (κ3) is 4.15. The summed E-state index contributed by atoms with van der Waals surface area (Å²) in [6.07, 6.45) is -2.60. The molecule has 106 valence electrons. The Morgan fingerprint density at radius 1 is 1.33 bits per heavy atom. The summed E-state index contributed by atoms with van der Waals surface area (Å²) in [4.78, 5) is 11.8. The summed E-state index contributed by atoms with van der Waals surface area (Å²) < 4.78 is 38.5. The zero-order valence-corrected chi connectivity index (χ0v) is 10.8. The molecule has 1 saturated carbocycles. The van der Waals surface area contributed by atoms with Gasteiger partial charge in [-0.25, -0.2) is 0 Å². The predicted octanol–water partition coefficient (Wildman–Crippen LogP) is 2.08. The predicted molar refractivity (Wildman–Crippen MR) is 63.0 cm³/mol. The smallest absolute Gasteiger partial charge is 0.354 e. The van der Waals surface area contributed by atoms with Crippen molar-refractivity contribution < 1.29 is 18.0 Å². The van der Waals surface area contributed by atoms with Crippen LogP contribution in [0, 0.1) is 11.8 Å². The van der Waals surface area contributed by atoms with Crippen LogP contribution >= 0.6 is 0 Å². The number of carbonyl (C=O) groups is 1. The van der Waals surface area contributed by atoms with Gasteiger partial charge in [0.25, 0.3) is 0 Å². The lowest BCUT2D eigenvalue weighted by molar-refractivity contribution is -0.198. The molecule has 0 aromatic rings. The number of likely N-dealkylation sites (N-methyl/N-ethyl adjacent to an activating group) is 1. The second kappa shape index (κ2) is 6.41. The fourth-order valence-corrected chi connectivity index (χ4v) is 2.32. The number of carbonyl (C=O) groups excluding carboxylic acids is 1. The molecule has 1 aliphatic rings. The molecule has 3 unspecified atom stereocenters. The molecule has 0 aliphatic heterocycles. The quantitative estimate of drug-likeness (QED) is 0.818. The number of alkyl halides is 3. The molecule has 1 fully saturated rings. The minimum absolute atomic E-state index is 0.0573. The van der Waals surface area contributed by atoms with Gasteiger partial charge in [-0.3, -0.25) is 4.79 Å². The Morgan fingerprint density at radius 2 is 1.94 bits per heavy atom. The fraction of sp³-hybridized carbons (Fsp3) is 0.917. The van der Waals surface area contributed by atoms with E-state index < -0.39 is 23.9 Å². The molecule has 0 radical (unpaired) electrons. The maximum absolute atomic E-state index is 12.8. The fourth-order valence-electron chi connectivity index (χ4n) is 2.32. The number of nitrogens with one attached hydrogen (secondary N) is 2. The third-order valence-corrected chi connectivity index (χ3v) is 3.60. The van der Waals surface area contributed by atoms with Gasteiger partial charge in [-0.2, -0.15) is 13.2 Å². The minimum atomic E-state index is -4.27. The van der Waals surface area contributed by atoms with Crippen molar-refractivity contribution in [1.82, 2.24) is 10.6 Å². The number of amides is 1. The van der Waals surface area contributed by atoms with Crippen LogP contribution in [0.1, 0.15) is 32.6 Å². The van der Waals surface area contributed by atoms with Crippen molar-refractivity contribution in [3.63, 3.8) is 0 Å². The first-order valence-corrected chi connectivity index (χ1v) is 6.38. The van der Waals surface area contributed by atoms with Crippen LogP contribution in [0.15, 0.2) is 0 Å². The molecule has 1 rings (SSSR count). The van der Waals surface area contributed by atoms with Crippen LogP contribution in [0.4, 0.5) is 13.2 Å². The molecule has 1 amide bonds. The zero-order chi connectivity index (χ0) is 13.8. The first kappa shape index (κ1) is 15.3. The summed E-state index contributed by atoms with van der Waals surface area (Å²) in [7, 11) is 1.75. The highest BCUT2D eigenvalue weighted by Crippen LogP contribution is 2.41. The average molecular weight is 266 g/mol. The van der Waals surface area contributed by atoms with E-state index in [1.165, 1.54) is 0 Å². The molecule has 2 N–H and O–H groups in total. The van der Waals surface area contributed by atoms with E-state index in [4.69, 9.17) is 0 Å². The van der Waals surface area contributed by atoms with E-state index in [0.29, 0.717) is 25.8 Å². The molecular formula is C12H21F3N2O. The average Bonchev–Trinajstić information content (AvgIpc) is 2.34. The van der Waals surface area contributed by atoms with Gasteiger partial charge in [-0.15, -0.1) is 0 Å². The van der Waals surface area contributed by atoms with Gasteiger partial charge >= 0.3 is 6.18 Å². The van der Waals surface area contributed by atoms with Crippen molar-refractivity contribution >= 4 is 5.91 Å². The molecule has 18 heavy (non-hydrogen) atoms. The molecule has 0 aromatic carbocycles. The van der Waals surface area contributed by atoms with E-state index in [-0.39, 0.29) is 12.5 Å². The standard InChI is InChI=1S/C12H21F3N2O/c1-8(16-2)7-17-11(18)9-5-3-4-6-10(9)12(13,14)15/h8-10,16H,3-7H2,1-2H3,(H,17,18). The van der Waals surface area contributed by atoms with Crippen LogP contribution in [0.5, 0.6) is 0 Å². The Balaban J connectivity index is 2.58. The number of rotatable bonds is 4. The van der Waals surface area contributed by atoms with E-state index in [1.54, 1.807) is 7.05 Å². The summed E-state index contributed by atoms with van der Waals surface area (Å²) in [5, 5.41) is 5.53. The molecule has 3 atom stereocenters. The topological polar surface area (TPSA) is 41.1 Å². The summed E-state index contributed by atoms with van der Waals surface area (Å²) in [5.74, 6) is -2.85. The number of hydrogen-bond acceptors (Lipinski definition) is 2. The second-order valence-electron chi connectivity index (χ2n) is 4.97. The highest BCUT2D eigenvalue weighted by molar-refractivity contribution is 5.79. The first-order chi connectivity index (χ1) is 8.36. The Bertz CT molecular complexity index is 281. The normalized spacial score (nSPS) is 26.7. The van der Waals surface area contributed by atoms with Gasteiger partial charge in [0, 0.05) is 18.5 Å². The van der Waals surface area contributed by atoms with Crippen LogP contribution < -0.4 is 10.6 Å². The van der Waals surface area contributed by atoms with Crippen molar-refractivity contribution in [1.29, 1.82) is 0 Å². The molecule has 1 aliphatic carbocycles. The third-order valence-electron chi connectivity index (χ3n) is 3.60. The lowest BCUT2D eigenvalue weighted by atomic mass is 9.78. The largest absolute Gasteiger partial charge is 0.392 e. The molecule has 0 bridgehead atoms. The monoisotopic (exact) mass is 266 g/mol. The van der Waals surface area contributed by atoms with Crippen molar-refractivity contribution in [2.75, 3.05) is 13.6 Å².